The SMILES string of the molecule is CC(O/N=C/c1ccccc1C(=N)C(N)=O)c1cccc(C(F)(F)F)c1. The summed E-state index contributed by atoms with van der Waals surface area (Å²) in [6.07, 6.45) is -3.89. The Morgan fingerprint density at radius 2 is 1.92 bits per heavy atom. The number of benzene rings is 2. The zero-order chi connectivity index (χ0) is 19.3. The van der Waals surface area contributed by atoms with E-state index in [9.17, 15) is 18.0 Å². The van der Waals surface area contributed by atoms with Gasteiger partial charge in [-0.1, -0.05) is 41.6 Å². The van der Waals surface area contributed by atoms with Gasteiger partial charge in [0.1, 0.15) is 11.8 Å². The Labute approximate surface area is 147 Å². The van der Waals surface area contributed by atoms with Crippen LogP contribution in [0.4, 0.5) is 13.2 Å². The molecular formula is C18H16F3N3O2. The van der Waals surface area contributed by atoms with Gasteiger partial charge in [-0.25, -0.2) is 0 Å². The van der Waals surface area contributed by atoms with Crippen molar-refractivity contribution in [2.45, 2.75) is 19.2 Å². The molecule has 8 heteroatoms. The highest BCUT2D eigenvalue weighted by atomic mass is 19.4. The fourth-order valence-corrected chi connectivity index (χ4v) is 2.18. The van der Waals surface area contributed by atoms with E-state index in [-0.39, 0.29) is 11.3 Å². The van der Waals surface area contributed by atoms with Crippen LogP contribution in [0.1, 0.15) is 35.3 Å². The standard InChI is InChI=1S/C18H16F3N3O2/c1-11(12-6-4-7-14(9-12)18(19,20)21)26-24-10-13-5-2-3-8-15(13)16(22)17(23)25/h2-11,22H,1H3,(H2,23,25)/b22-16?,24-10+. The van der Waals surface area contributed by atoms with E-state index in [1.165, 1.54) is 24.4 Å². The van der Waals surface area contributed by atoms with Crippen molar-refractivity contribution in [2.75, 3.05) is 0 Å². The third-order valence-corrected chi connectivity index (χ3v) is 3.57. The van der Waals surface area contributed by atoms with Gasteiger partial charge in [0.15, 0.2) is 0 Å². The average Bonchev–Trinajstić information content (AvgIpc) is 2.60. The third-order valence-electron chi connectivity index (χ3n) is 3.57. The van der Waals surface area contributed by atoms with Gasteiger partial charge in [-0.15, -0.1) is 0 Å². The first-order valence-electron chi connectivity index (χ1n) is 7.54. The van der Waals surface area contributed by atoms with Gasteiger partial charge < -0.3 is 10.6 Å². The number of nitrogens with one attached hydrogen (secondary N) is 1. The van der Waals surface area contributed by atoms with Gasteiger partial charge in [0.05, 0.1) is 11.8 Å². The molecule has 2 aromatic rings. The van der Waals surface area contributed by atoms with E-state index in [2.05, 4.69) is 5.16 Å². The topological polar surface area (TPSA) is 88.5 Å². The van der Waals surface area contributed by atoms with Gasteiger partial charge in [-0.2, -0.15) is 13.2 Å². The van der Waals surface area contributed by atoms with E-state index >= 15 is 0 Å². The van der Waals surface area contributed by atoms with Crippen LogP contribution in [-0.2, 0) is 15.8 Å². The zero-order valence-corrected chi connectivity index (χ0v) is 13.7. The summed E-state index contributed by atoms with van der Waals surface area (Å²) in [5, 5.41) is 11.4. The lowest BCUT2D eigenvalue weighted by Crippen LogP contribution is -2.24. The average molecular weight is 363 g/mol. The minimum absolute atomic E-state index is 0.277. The van der Waals surface area contributed by atoms with Crippen molar-refractivity contribution in [1.29, 1.82) is 5.41 Å². The molecule has 0 bridgehead atoms. The lowest BCUT2D eigenvalue weighted by atomic mass is 10.0. The maximum atomic E-state index is 12.8. The van der Waals surface area contributed by atoms with Crippen molar-refractivity contribution < 1.29 is 22.8 Å². The summed E-state index contributed by atoms with van der Waals surface area (Å²) in [6, 6.07) is 11.2. The number of rotatable bonds is 6. The highest BCUT2D eigenvalue weighted by Gasteiger charge is 2.30. The van der Waals surface area contributed by atoms with E-state index in [1.54, 1.807) is 25.1 Å². The second-order valence-electron chi connectivity index (χ2n) is 5.43. The summed E-state index contributed by atoms with van der Waals surface area (Å²) in [7, 11) is 0. The van der Waals surface area contributed by atoms with Crippen molar-refractivity contribution in [1.82, 2.24) is 0 Å². The van der Waals surface area contributed by atoms with Crippen LogP contribution in [0.15, 0.2) is 53.7 Å². The number of hydrogen-bond donors (Lipinski definition) is 2. The van der Waals surface area contributed by atoms with Crippen LogP contribution < -0.4 is 5.73 Å². The van der Waals surface area contributed by atoms with E-state index in [1.807, 2.05) is 0 Å². The van der Waals surface area contributed by atoms with Gasteiger partial charge in [0, 0.05) is 11.1 Å². The first-order valence-corrected chi connectivity index (χ1v) is 7.54. The normalized spacial score (nSPS) is 12.8. The van der Waals surface area contributed by atoms with Gasteiger partial charge in [0.25, 0.3) is 5.91 Å². The summed E-state index contributed by atoms with van der Waals surface area (Å²) >= 11 is 0. The number of halogens is 3. The zero-order valence-electron chi connectivity index (χ0n) is 13.7. The highest BCUT2D eigenvalue weighted by Crippen LogP contribution is 2.31. The summed E-state index contributed by atoms with van der Waals surface area (Å²) in [5.74, 6) is -0.885. The molecule has 0 aromatic heterocycles. The molecule has 0 heterocycles. The summed E-state index contributed by atoms with van der Waals surface area (Å²) in [6.45, 7) is 1.56. The van der Waals surface area contributed by atoms with Crippen molar-refractivity contribution in [3.8, 4) is 0 Å². The lowest BCUT2D eigenvalue weighted by Gasteiger charge is -2.13. The monoisotopic (exact) mass is 363 g/mol. The third kappa shape index (κ3) is 4.69. The van der Waals surface area contributed by atoms with E-state index in [0.717, 1.165) is 12.1 Å². The van der Waals surface area contributed by atoms with E-state index < -0.39 is 23.8 Å². The number of amides is 1. The van der Waals surface area contributed by atoms with Crippen LogP contribution >= 0.6 is 0 Å². The molecule has 2 aromatic carbocycles. The molecule has 136 valence electrons. The number of nitrogens with zero attached hydrogens (tertiary/aromatic N) is 1. The number of oxime groups is 1. The quantitative estimate of drug-likeness (QED) is 0.606. The van der Waals surface area contributed by atoms with Gasteiger partial charge in [-0.05, 0) is 24.6 Å². The van der Waals surface area contributed by atoms with Crippen LogP contribution in [0.2, 0.25) is 0 Å². The van der Waals surface area contributed by atoms with Crippen LogP contribution in [0.5, 0.6) is 0 Å². The fraction of sp³-hybridized carbons (Fsp3) is 0.167. The lowest BCUT2D eigenvalue weighted by molar-refractivity contribution is -0.137. The summed E-state index contributed by atoms with van der Waals surface area (Å²) < 4.78 is 38.3. The van der Waals surface area contributed by atoms with Crippen molar-refractivity contribution in [3.05, 3.63) is 70.8 Å². The van der Waals surface area contributed by atoms with E-state index in [4.69, 9.17) is 16.0 Å². The highest BCUT2D eigenvalue weighted by molar-refractivity contribution is 6.44. The Kier molecular flexibility index (Phi) is 5.76. The molecular weight excluding hydrogens is 347 g/mol. The molecule has 0 saturated heterocycles. The van der Waals surface area contributed by atoms with E-state index in [0.29, 0.717) is 11.1 Å². The van der Waals surface area contributed by atoms with Crippen LogP contribution in [0.3, 0.4) is 0 Å². The molecule has 0 fully saturated rings. The number of hydrogen-bond acceptors (Lipinski definition) is 4. The predicted molar refractivity (Wildman–Crippen MR) is 91.0 cm³/mol. The largest absolute Gasteiger partial charge is 0.416 e. The van der Waals surface area contributed by atoms with Gasteiger partial charge >= 0.3 is 6.18 Å². The Morgan fingerprint density at radius 3 is 2.58 bits per heavy atom. The van der Waals surface area contributed by atoms with Crippen LogP contribution in [0, 0.1) is 5.41 Å². The molecule has 0 spiro atoms. The number of nitrogens with two attached hydrogens (primary N) is 1. The molecule has 0 aliphatic carbocycles. The smallest absolute Gasteiger partial charge is 0.388 e. The molecule has 0 saturated carbocycles. The molecule has 2 rings (SSSR count). The van der Waals surface area contributed by atoms with Crippen molar-refractivity contribution >= 4 is 17.8 Å². The molecule has 1 unspecified atom stereocenters. The molecule has 0 radical (unpaired) electrons. The Bertz CT molecular complexity index is 848. The fourth-order valence-electron chi connectivity index (χ4n) is 2.18. The van der Waals surface area contributed by atoms with Crippen LogP contribution in [-0.4, -0.2) is 17.8 Å². The Hall–Kier alpha value is -3.16. The number of carbonyl (C=O) groups is 1. The number of primary amides is 1. The predicted octanol–water partition coefficient (Wildman–Crippen LogP) is 3.67. The Balaban J connectivity index is 2.14. The first kappa shape index (κ1) is 19.2. The molecule has 1 atom stereocenters. The summed E-state index contributed by atoms with van der Waals surface area (Å²) in [5.41, 5.74) is 4.98. The van der Waals surface area contributed by atoms with Crippen LogP contribution in [0.25, 0.3) is 0 Å². The first-order chi connectivity index (χ1) is 12.2. The Morgan fingerprint density at radius 1 is 1.23 bits per heavy atom. The number of alkyl halides is 3. The molecule has 1 amide bonds. The second kappa shape index (κ2) is 7.81. The minimum atomic E-state index is -4.44. The molecule has 0 aliphatic rings. The maximum absolute atomic E-state index is 12.8. The second-order valence-corrected chi connectivity index (χ2v) is 5.43. The summed E-state index contributed by atoms with van der Waals surface area (Å²) in [4.78, 5) is 16.4. The molecule has 5 nitrogen and oxygen atoms in total. The molecule has 3 N–H and O–H groups in total. The van der Waals surface area contributed by atoms with Crippen molar-refractivity contribution in [2.24, 2.45) is 10.9 Å². The molecule has 0 aliphatic heterocycles. The number of carbonyl (C=O) groups excluding carboxylic acids is 1. The van der Waals surface area contributed by atoms with Gasteiger partial charge in [0.2, 0.25) is 0 Å². The van der Waals surface area contributed by atoms with Crippen molar-refractivity contribution in [3.63, 3.8) is 0 Å². The maximum Gasteiger partial charge on any atom is 0.416 e. The molecule has 26 heavy (non-hydrogen) atoms. The minimum Gasteiger partial charge on any atom is -0.388 e. The van der Waals surface area contributed by atoms with Gasteiger partial charge in [-0.3, -0.25) is 10.2 Å².